The molecule has 4 heteroatoms. The van der Waals surface area contributed by atoms with Crippen molar-refractivity contribution in [2.24, 2.45) is 0 Å². The van der Waals surface area contributed by atoms with E-state index >= 15 is 0 Å². The van der Waals surface area contributed by atoms with Crippen molar-refractivity contribution in [3.8, 4) is 0 Å². The predicted molar refractivity (Wildman–Crippen MR) is 75.0 cm³/mol. The number of aliphatic carboxylic acids is 1. The topological polar surface area (TPSA) is 43.8 Å². The zero-order valence-electron chi connectivity index (χ0n) is 11.5. The summed E-state index contributed by atoms with van der Waals surface area (Å²) in [6.07, 6.45) is 2.37. The normalized spacial score (nSPS) is 20.0. The van der Waals surface area contributed by atoms with Crippen molar-refractivity contribution >= 4 is 5.97 Å². The number of carboxylic acid groups (broad SMARTS) is 1. The van der Waals surface area contributed by atoms with Gasteiger partial charge in [0.2, 0.25) is 0 Å². The van der Waals surface area contributed by atoms with Gasteiger partial charge in [-0.15, -0.1) is 0 Å². The molecule has 1 N–H and O–H groups in total. The number of likely N-dealkylation sites (tertiary alicyclic amines) is 1. The first-order valence-electron chi connectivity index (χ1n) is 6.83. The second-order valence-corrected chi connectivity index (χ2v) is 5.34. The monoisotopic (exact) mass is 262 g/mol. The molecule has 1 aliphatic heterocycles. The molecular weight excluding hydrogens is 240 g/mol. The lowest BCUT2D eigenvalue weighted by Gasteiger charge is -2.28. The third-order valence-electron chi connectivity index (χ3n) is 3.66. The highest BCUT2D eigenvalue weighted by Gasteiger charge is 2.25. The highest BCUT2D eigenvalue weighted by molar-refractivity contribution is 5.69. The Morgan fingerprint density at radius 3 is 2.84 bits per heavy atom. The summed E-state index contributed by atoms with van der Waals surface area (Å²) in [5.74, 6) is -0.755. The number of hydrogen-bond acceptors (Lipinski definition) is 3. The molecule has 4 nitrogen and oxygen atoms in total. The van der Waals surface area contributed by atoms with Gasteiger partial charge in [-0.3, -0.25) is 14.6 Å². The zero-order valence-corrected chi connectivity index (χ0v) is 11.5. The Morgan fingerprint density at radius 2 is 2.16 bits per heavy atom. The Bertz CT molecular complexity index is 408. The molecule has 0 bridgehead atoms. The van der Waals surface area contributed by atoms with E-state index in [1.807, 2.05) is 18.0 Å². The summed E-state index contributed by atoms with van der Waals surface area (Å²) < 4.78 is 0. The summed E-state index contributed by atoms with van der Waals surface area (Å²) in [7, 11) is 1.88. The van der Waals surface area contributed by atoms with E-state index in [0.29, 0.717) is 6.04 Å². The van der Waals surface area contributed by atoms with Gasteiger partial charge in [0.15, 0.2) is 0 Å². The Kier molecular flexibility index (Phi) is 4.93. The van der Waals surface area contributed by atoms with Crippen LogP contribution in [-0.4, -0.2) is 53.6 Å². The summed E-state index contributed by atoms with van der Waals surface area (Å²) in [6.45, 7) is 3.03. The van der Waals surface area contributed by atoms with Crippen LogP contribution in [0.3, 0.4) is 0 Å². The first-order chi connectivity index (χ1) is 9.15. The van der Waals surface area contributed by atoms with E-state index < -0.39 is 5.97 Å². The van der Waals surface area contributed by atoms with Crippen molar-refractivity contribution in [2.45, 2.75) is 25.4 Å². The van der Waals surface area contributed by atoms with Gasteiger partial charge in [-0.05, 0) is 32.0 Å². The fourth-order valence-electron chi connectivity index (χ4n) is 2.78. The molecular formula is C15H22N2O2. The molecule has 0 radical (unpaired) electrons. The number of rotatable bonds is 6. The molecule has 1 aromatic rings. The Balaban J connectivity index is 1.88. The number of nitrogens with zero attached hydrogens (tertiary/aromatic N) is 2. The van der Waals surface area contributed by atoms with Crippen LogP contribution in [0.2, 0.25) is 0 Å². The Morgan fingerprint density at radius 1 is 1.42 bits per heavy atom. The minimum absolute atomic E-state index is 0.121. The standard InChI is InChI=1S/C15H22N2O2/c1-16(12-15(18)19)11-14-8-5-9-17(14)10-13-6-3-2-4-7-13/h2-4,6-7,14H,5,8-12H2,1H3,(H,18,19)/t14-/m0/s1. The fourth-order valence-corrected chi connectivity index (χ4v) is 2.78. The van der Waals surface area contributed by atoms with Gasteiger partial charge in [0.05, 0.1) is 6.54 Å². The second-order valence-electron chi connectivity index (χ2n) is 5.34. The molecule has 0 aromatic heterocycles. The van der Waals surface area contributed by atoms with Gasteiger partial charge in [0.25, 0.3) is 0 Å². The SMILES string of the molecule is CN(CC(=O)O)C[C@@H]1CCCN1Cc1ccccc1. The molecule has 0 unspecified atom stereocenters. The molecule has 1 fully saturated rings. The number of carbonyl (C=O) groups is 1. The van der Waals surface area contributed by atoms with E-state index in [2.05, 4.69) is 29.2 Å². The van der Waals surface area contributed by atoms with Gasteiger partial charge in [-0.1, -0.05) is 30.3 Å². The van der Waals surface area contributed by atoms with Crippen LogP contribution in [0.5, 0.6) is 0 Å². The van der Waals surface area contributed by atoms with Gasteiger partial charge in [-0.2, -0.15) is 0 Å². The van der Waals surface area contributed by atoms with Crippen LogP contribution < -0.4 is 0 Å². The summed E-state index contributed by atoms with van der Waals surface area (Å²) in [5, 5.41) is 8.80. The predicted octanol–water partition coefficient (Wildman–Crippen LogP) is 1.67. The molecule has 104 valence electrons. The van der Waals surface area contributed by atoms with Crippen molar-refractivity contribution in [3.63, 3.8) is 0 Å². The number of hydrogen-bond donors (Lipinski definition) is 1. The summed E-state index contributed by atoms with van der Waals surface area (Å²) >= 11 is 0. The van der Waals surface area contributed by atoms with E-state index in [1.165, 1.54) is 12.0 Å². The van der Waals surface area contributed by atoms with Crippen molar-refractivity contribution in [1.82, 2.24) is 9.80 Å². The number of benzene rings is 1. The van der Waals surface area contributed by atoms with Crippen LogP contribution in [0.1, 0.15) is 18.4 Å². The van der Waals surface area contributed by atoms with Gasteiger partial charge >= 0.3 is 5.97 Å². The van der Waals surface area contributed by atoms with E-state index in [9.17, 15) is 4.79 Å². The van der Waals surface area contributed by atoms with Crippen LogP contribution in [0, 0.1) is 0 Å². The molecule has 0 saturated carbocycles. The summed E-state index contributed by atoms with van der Waals surface area (Å²) in [4.78, 5) is 15.1. The van der Waals surface area contributed by atoms with E-state index in [0.717, 1.165) is 26.1 Å². The molecule has 1 atom stereocenters. The van der Waals surface area contributed by atoms with Crippen LogP contribution in [0.15, 0.2) is 30.3 Å². The van der Waals surface area contributed by atoms with Crippen LogP contribution in [0.25, 0.3) is 0 Å². The van der Waals surface area contributed by atoms with Crippen molar-refractivity contribution in [2.75, 3.05) is 26.7 Å². The van der Waals surface area contributed by atoms with Crippen molar-refractivity contribution in [1.29, 1.82) is 0 Å². The number of carboxylic acids is 1. The highest BCUT2D eigenvalue weighted by atomic mass is 16.4. The largest absolute Gasteiger partial charge is 0.480 e. The van der Waals surface area contributed by atoms with Crippen molar-refractivity contribution < 1.29 is 9.90 Å². The molecule has 1 aliphatic rings. The second kappa shape index (κ2) is 6.68. The smallest absolute Gasteiger partial charge is 0.317 e. The van der Waals surface area contributed by atoms with E-state index in [4.69, 9.17) is 5.11 Å². The average Bonchev–Trinajstić information content (AvgIpc) is 2.77. The maximum absolute atomic E-state index is 10.7. The van der Waals surface area contributed by atoms with Crippen molar-refractivity contribution in [3.05, 3.63) is 35.9 Å². The lowest BCUT2D eigenvalue weighted by Crippen LogP contribution is -2.40. The third kappa shape index (κ3) is 4.33. The first-order valence-corrected chi connectivity index (χ1v) is 6.83. The maximum atomic E-state index is 10.7. The molecule has 19 heavy (non-hydrogen) atoms. The molecule has 2 rings (SSSR count). The van der Waals surface area contributed by atoms with Crippen LogP contribution >= 0.6 is 0 Å². The third-order valence-corrected chi connectivity index (χ3v) is 3.66. The van der Waals surface area contributed by atoms with Gasteiger partial charge < -0.3 is 5.11 Å². The van der Waals surface area contributed by atoms with Gasteiger partial charge in [-0.25, -0.2) is 0 Å². The summed E-state index contributed by atoms with van der Waals surface area (Å²) in [6, 6.07) is 10.9. The molecule has 0 spiro atoms. The quantitative estimate of drug-likeness (QED) is 0.847. The molecule has 1 saturated heterocycles. The lowest BCUT2D eigenvalue weighted by molar-refractivity contribution is -0.138. The molecule has 1 aromatic carbocycles. The van der Waals surface area contributed by atoms with E-state index in [-0.39, 0.29) is 6.54 Å². The lowest BCUT2D eigenvalue weighted by atomic mass is 10.1. The minimum atomic E-state index is -0.755. The Hall–Kier alpha value is -1.39. The Labute approximate surface area is 114 Å². The zero-order chi connectivity index (χ0) is 13.7. The number of likely N-dealkylation sites (N-methyl/N-ethyl adjacent to an activating group) is 1. The molecule has 1 heterocycles. The maximum Gasteiger partial charge on any atom is 0.317 e. The first kappa shape index (κ1) is 14.0. The van der Waals surface area contributed by atoms with E-state index in [1.54, 1.807) is 0 Å². The highest BCUT2D eigenvalue weighted by Crippen LogP contribution is 2.20. The molecule has 0 aliphatic carbocycles. The molecule has 0 amide bonds. The average molecular weight is 262 g/mol. The van der Waals surface area contributed by atoms with Gasteiger partial charge in [0.1, 0.15) is 0 Å². The van der Waals surface area contributed by atoms with Crippen LogP contribution in [-0.2, 0) is 11.3 Å². The fraction of sp³-hybridized carbons (Fsp3) is 0.533. The summed E-state index contributed by atoms with van der Waals surface area (Å²) in [5.41, 5.74) is 1.33. The minimum Gasteiger partial charge on any atom is -0.480 e. The van der Waals surface area contributed by atoms with Crippen LogP contribution in [0.4, 0.5) is 0 Å². The van der Waals surface area contributed by atoms with Gasteiger partial charge in [0, 0.05) is 19.1 Å².